The molecule has 1 rings (SSSR count). The van der Waals surface area contributed by atoms with Crippen LogP contribution >= 0.6 is 0 Å². The van der Waals surface area contributed by atoms with Crippen LogP contribution in [0.4, 0.5) is 5.69 Å². The molecule has 1 aromatic carbocycles. The molecule has 0 saturated heterocycles. The van der Waals surface area contributed by atoms with Gasteiger partial charge in [0.05, 0.1) is 5.56 Å². The lowest BCUT2D eigenvalue weighted by Crippen LogP contribution is -2.13. The molecule has 0 bridgehead atoms. The van der Waals surface area contributed by atoms with Gasteiger partial charge in [-0.3, -0.25) is 0 Å². The number of carboxylic acids is 1. The van der Waals surface area contributed by atoms with Crippen molar-refractivity contribution in [3.63, 3.8) is 0 Å². The first-order chi connectivity index (χ1) is 6.65. The van der Waals surface area contributed by atoms with Gasteiger partial charge in [-0.15, -0.1) is 0 Å². The second kappa shape index (κ2) is 4.62. The maximum absolute atomic E-state index is 10.6. The van der Waals surface area contributed by atoms with Gasteiger partial charge in [0.15, 0.2) is 0 Å². The number of hydrogen-bond donors (Lipinski definition) is 3. The normalized spacial score (nSPS) is 9.86. The highest BCUT2D eigenvalue weighted by Gasteiger charge is 2.04. The summed E-state index contributed by atoms with van der Waals surface area (Å²) in [7, 11) is 0. The van der Waals surface area contributed by atoms with Crippen molar-refractivity contribution in [3.05, 3.63) is 29.3 Å². The number of hydrogen-bond acceptors (Lipinski definition) is 3. The lowest BCUT2D eigenvalue weighted by atomic mass is 10.1. The largest absolute Gasteiger partial charge is 0.478 e. The van der Waals surface area contributed by atoms with Crippen molar-refractivity contribution in [3.8, 4) is 0 Å². The van der Waals surface area contributed by atoms with Crippen molar-refractivity contribution in [1.82, 2.24) is 0 Å². The van der Waals surface area contributed by atoms with E-state index in [2.05, 4.69) is 5.32 Å². The van der Waals surface area contributed by atoms with Crippen molar-refractivity contribution in [2.45, 2.75) is 6.92 Å². The fourth-order valence-corrected chi connectivity index (χ4v) is 1.20. The summed E-state index contributed by atoms with van der Waals surface area (Å²) in [6.45, 7) is 3.11. The van der Waals surface area contributed by atoms with Crippen LogP contribution in [0.3, 0.4) is 0 Å². The summed E-state index contributed by atoms with van der Waals surface area (Å²) < 4.78 is 0. The molecular formula is C10H14N2O2. The zero-order valence-electron chi connectivity index (χ0n) is 8.08. The van der Waals surface area contributed by atoms with E-state index in [1.807, 2.05) is 6.92 Å². The second-order valence-corrected chi connectivity index (χ2v) is 3.05. The van der Waals surface area contributed by atoms with Crippen molar-refractivity contribution in [2.75, 3.05) is 18.4 Å². The summed E-state index contributed by atoms with van der Waals surface area (Å²) in [6, 6.07) is 4.98. The number of aromatic carboxylic acids is 1. The maximum Gasteiger partial charge on any atom is 0.335 e. The van der Waals surface area contributed by atoms with E-state index in [1.54, 1.807) is 18.2 Å². The Labute approximate surface area is 82.7 Å². The quantitative estimate of drug-likeness (QED) is 0.670. The Bertz CT molecular complexity index is 337. The molecule has 0 saturated carbocycles. The highest BCUT2D eigenvalue weighted by atomic mass is 16.4. The predicted octanol–water partition coefficient (Wildman–Crippen LogP) is 1.06. The molecule has 0 aliphatic heterocycles. The third-order valence-corrected chi connectivity index (χ3v) is 1.93. The number of anilines is 1. The topological polar surface area (TPSA) is 75.3 Å². The molecule has 0 atom stereocenters. The average Bonchev–Trinajstić information content (AvgIpc) is 2.15. The number of aryl methyl sites for hydroxylation is 1. The van der Waals surface area contributed by atoms with Crippen LogP contribution in [-0.2, 0) is 0 Å². The molecule has 0 aromatic heterocycles. The molecule has 1 aromatic rings. The number of rotatable bonds is 4. The molecule has 0 spiro atoms. The Morgan fingerprint density at radius 1 is 1.57 bits per heavy atom. The van der Waals surface area contributed by atoms with E-state index in [1.165, 1.54) is 0 Å². The fourth-order valence-electron chi connectivity index (χ4n) is 1.20. The molecule has 4 heteroatoms. The first kappa shape index (κ1) is 10.5. The van der Waals surface area contributed by atoms with Gasteiger partial charge in [0.25, 0.3) is 0 Å². The third-order valence-electron chi connectivity index (χ3n) is 1.93. The predicted molar refractivity (Wildman–Crippen MR) is 55.7 cm³/mol. The minimum absolute atomic E-state index is 0.306. The smallest absolute Gasteiger partial charge is 0.335 e. The van der Waals surface area contributed by atoms with Crippen LogP contribution in [0.1, 0.15) is 15.9 Å². The van der Waals surface area contributed by atoms with Gasteiger partial charge in [-0.1, -0.05) is 0 Å². The van der Waals surface area contributed by atoms with E-state index in [0.717, 1.165) is 11.3 Å². The first-order valence-corrected chi connectivity index (χ1v) is 4.43. The van der Waals surface area contributed by atoms with Crippen LogP contribution in [0.2, 0.25) is 0 Å². The molecule has 0 fully saturated rings. The van der Waals surface area contributed by atoms with Crippen LogP contribution < -0.4 is 11.1 Å². The van der Waals surface area contributed by atoms with E-state index < -0.39 is 5.97 Å². The molecule has 4 nitrogen and oxygen atoms in total. The van der Waals surface area contributed by atoms with Gasteiger partial charge in [0.1, 0.15) is 0 Å². The summed E-state index contributed by atoms with van der Waals surface area (Å²) in [5, 5.41) is 11.8. The average molecular weight is 194 g/mol. The number of benzene rings is 1. The lowest BCUT2D eigenvalue weighted by molar-refractivity contribution is 0.0697. The zero-order chi connectivity index (χ0) is 10.6. The molecule has 0 amide bonds. The number of nitrogens with two attached hydrogens (primary N) is 1. The van der Waals surface area contributed by atoms with Gasteiger partial charge in [-0.05, 0) is 30.7 Å². The highest BCUT2D eigenvalue weighted by molar-refractivity contribution is 5.88. The second-order valence-electron chi connectivity index (χ2n) is 3.05. The van der Waals surface area contributed by atoms with Gasteiger partial charge >= 0.3 is 5.97 Å². The molecule has 4 N–H and O–H groups in total. The summed E-state index contributed by atoms with van der Waals surface area (Å²) in [5.41, 5.74) is 7.50. The molecule has 0 aliphatic rings. The van der Waals surface area contributed by atoms with E-state index in [-0.39, 0.29) is 0 Å². The van der Waals surface area contributed by atoms with Crippen LogP contribution in [0.15, 0.2) is 18.2 Å². The van der Waals surface area contributed by atoms with Gasteiger partial charge in [0.2, 0.25) is 0 Å². The van der Waals surface area contributed by atoms with Gasteiger partial charge in [-0.2, -0.15) is 0 Å². The highest BCUT2D eigenvalue weighted by Crippen LogP contribution is 2.15. The van der Waals surface area contributed by atoms with Gasteiger partial charge < -0.3 is 16.2 Å². The lowest BCUT2D eigenvalue weighted by Gasteiger charge is -2.08. The summed E-state index contributed by atoms with van der Waals surface area (Å²) in [4.78, 5) is 10.6. The maximum atomic E-state index is 10.6. The van der Waals surface area contributed by atoms with Crippen molar-refractivity contribution >= 4 is 11.7 Å². The van der Waals surface area contributed by atoms with Crippen LogP contribution in [0, 0.1) is 6.92 Å². The van der Waals surface area contributed by atoms with Gasteiger partial charge in [0, 0.05) is 18.8 Å². The Morgan fingerprint density at radius 2 is 2.29 bits per heavy atom. The molecule has 0 unspecified atom stereocenters. The van der Waals surface area contributed by atoms with Crippen LogP contribution in [-0.4, -0.2) is 24.2 Å². The summed E-state index contributed by atoms with van der Waals surface area (Å²) in [5.74, 6) is -0.904. The Balaban J connectivity index is 2.84. The van der Waals surface area contributed by atoms with Crippen LogP contribution in [0.25, 0.3) is 0 Å². The number of carbonyl (C=O) groups is 1. The number of carboxylic acid groups (broad SMARTS) is 1. The monoisotopic (exact) mass is 194 g/mol. The van der Waals surface area contributed by atoms with E-state index in [0.29, 0.717) is 18.7 Å². The SMILES string of the molecule is Cc1cc(C(=O)O)ccc1NCCN. The molecule has 0 radical (unpaired) electrons. The fraction of sp³-hybridized carbons (Fsp3) is 0.300. The standard InChI is InChI=1S/C10H14N2O2/c1-7-6-8(10(13)14)2-3-9(7)12-5-4-11/h2-3,6,12H,4-5,11H2,1H3,(H,13,14). The minimum Gasteiger partial charge on any atom is -0.478 e. The van der Waals surface area contributed by atoms with Crippen LogP contribution in [0.5, 0.6) is 0 Å². The number of nitrogens with one attached hydrogen (secondary N) is 1. The Hall–Kier alpha value is -1.55. The van der Waals surface area contributed by atoms with Crippen molar-refractivity contribution < 1.29 is 9.90 Å². The molecule has 14 heavy (non-hydrogen) atoms. The van der Waals surface area contributed by atoms with E-state index >= 15 is 0 Å². The third kappa shape index (κ3) is 2.47. The van der Waals surface area contributed by atoms with Crippen molar-refractivity contribution in [1.29, 1.82) is 0 Å². The Morgan fingerprint density at radius 3 is 2.79 bits per heavy atom. The molecule has 0 heterocycles. The summed E-state index contributed by atoms with van der Waals surface area (Å²) >= 11 is 0. The van der Waals surface area contributed by atoms with E-state index in [9.17, 15) is 4.79 Å². The minimum atomic E-state index is -0.904. The molecule has 76 valence electrons. The van der Waals surface area contributed by atoms with Gasteiger partial charge in [-0.25, -0.2) is 4.79 Å². The Kier molecular flexibility index (Phi) is 3.48. The summed E-state index contributed by atoms with van der Waals surface area (Å²) in [6.07, 6.45) is 0. The van der Waals surface area contributed by atoms with Crippen molar-refractivity contribution in [2.24, 2.45) is 5.73 Å². The zero-order valence-corrected chi connectivity index (χ0v) is 8.08. The van der Waals surface area contributed by atoms with E-state index in [4.69, 9.17) is 10.8 Å². The first-order valence-electron chi connectivity index (χ1n) is 4.43. The molecule has 0 aliphatic carbocycles. The molecular weight excluding hydrogens is 180 g/mol.